The molecular formula is C13H17BrN2O. The fraction of sp³-hybridized carbons (Fsp3) is 0.538. The number of hydrogen-bond donors (Lipinski definition) is 1. The van der Waals surface area contributed by atoms with E-state index in [0.29, 0.717) is 6.10 Å². The standard InChI is InChI=1S/C13H17BrN2O/c1-16-7-10(8-16)17-12-3-2-9(6-11(12)14)13(15)4-5-13/h2-3,6,10H,4-5,7-8,15H2,1H3. The van der Waals surface area contributed by atoms with Crippen LogP contribution in [0.1, 0.15) is 18.4 Å². The van der Waals surface area contributed by atoms with Crippen molar-refractivity contribution in [2.75, 3.05) is 20.1 Å². The number of ether oxygens (including phenoxy) is 1. The summed E-state index contributed by atoms with van der Waals surface area (Å²) in [6.07, 6.45) is 2.51. The maximum atomic E-state index is 6.18. The van der Waals surface area contributed by atoms with Gasteiger partial charge in [0.15, 0.2) is 0 Å². The SMILES string of the molecule is CN1CC(Oc2ccc(C3(N)CC3)cc2Br)C1. The molecule has 0 bridgehead atoms. The quantitative estimate of drug-likeness (QED) is 0.928. The first-order chi connectivity index (χ1) is 8.07. The van der Waals surface area contributed by atoms with Crippen molar-refractivity contribution >= 4 is 15.9 Å². The van der Waals surface area contributed by atoms with Crippen LogP contribution in [-0.2, 0) is 5.54 Å². The molecule has 0 atom stereocenters. The van der Waals surface area contributed by atoms with Crippen LogP contribution in [0.4, 0.5) is 0 Å². The van der Waals surface area contributed by atoms with E-state index in [1.165, 1.54) is 5.56 Å². The van der Waals surface area contributed by atoms with Gasteiger partial charge < -0.3 is 10.5 Å². The zero-order valence-electron chi connectivity index (χ0n) is 9.95. The summed E-state index contributed by atoms with van der Waals surface area (Å²) in [5.74, 6) is 0.927. The van der Waals surface area contributed by atoms with Gasteiger partial charge in [0, 0.05) is 18.6 Å². The molecule has 1 saturated carbocycles. The Labute approximate surface area is 110 Å². The van der Waals surface area contributed by atoms with Crippen molar-refractivity contribution in [2.24, 2.45) is 5.73 Å². The lowest BCUT2D eigenvalue weighted by atomic mass is 10.1. The highest BCUT2D eigenvalue weighted by Crippen LogP contribution is 2.44. The number of likely N-dealkylation sites (N-methyl/N-ethyl adjacent to an activating group) is 1. The van der Waals surface area contributed by atoms with Gasteiger partial charge in [-0.2, -0.15) is 0 Å². The summed E-state index contributed by atoms with van der Waals surface area (Å²) in [6.45, 7) is 2.02. The van der Waals surface area contributed by atoms with Crippen molar-refractivity contribution in [3.05, 3.63) is 28.2 Å². The van der Waals surface area contributed by atoms with E-state index >= 15 is 0 Å². The van der Waals surface area contributed by atoms with Crippen LogP contribution in [-0.4, -0.2) is 31.1 Å². The lowest BCUT2D eigenvalue weighted by Crippen LogP contribution is -2.51. The topological polar surface area (TPSA) is 38.5 Å². The molecule has 3 nitrogen and oxygen atoms in total. The molecule has 1 aromatic carbocycles. The van der Waals surface area contributed by atoms with Gasteiger partial charge in [0.25, 0.3) is 0 Å². The number of nitrogens with two attached hydrogens (primary N) is 1. The molecule has 1 saturated heterocycles. The summed E-state index contributed by atoms with van der Waals surface area (Å²) < 4.78 is 6.93. The number of nitrogens with zero attached hydrogens (tertiary/aromatic N) is 1. The third-order valence-electron chi connectivity index (χ3n) is 3.62. The van der Waals surface area contributed by atoms with Crippen molar-refractivity contribution in [2.45, 2.75) is 24.5 Å². The van der Waals surface area contributed by atoms with E-state index in [4.69, 9.17) is 10.5 Å². The average Bonchev–Trinajstić information content (AvgIpc) is 2.98. The molecule has 0 spiro atoms. The Morgan fingerprint density at radius 1 is 1.41 bits per heavy atom. The summed E-state index contributed by atoms with van der Waals surface area (Å²) in [7, 11) is 2.10. The van der Waals surface area contributed by atoms with E-state index in [-0.39, 0.29) is 5.54 Å². The third kappa shape index (κ3) is 2.21. The fourth-order valence-electron chi connectivity index (χ4n) is 2.23. The Bertz CT molecular complexity index is 439. The smallest absolute Gasteiger partial charge is 0.134 e. The molecule has 1 aliphatic heterocycles. The Kier molecular flexibility index (Phi) is 2.69. The van der Waals surface area contributed by atoms with Crippen LogP contribution in [0.3, 0.4) is 0 Å². The zero-order chi connectivity index (χ0) is 12.0. The molecule has 0 aromatic heterocycles. The molecular weight excluding hydrogens is 280 g/mol. The minimum absolute atomic E-state index is 0.0717. The number of likely N-dealkylation sites (tertiary alicyclic amines) is 1. The number of halogens is 1. The van der Waals surface area contributed by atoms with Crippen LogP contribution >= 0.6 is 15.9 Å². The number of hydrogen-bond acceptors (Lipinski definition) is 3. The normalized spacial score (nSPS) is 23.2. The van der Waals surface area contributed by atoms with Gasteiger partial charge in [0.2, 0.25) is 0 Å². The number of benzene rings is 1. The molecule has 1 aliphatic carbocycles. The minimum Gasteiger partial charge on any atom is -0.487 e. The van der Waals surface area contributed by atoms with Crippen LogP contribution in [0.5, 0.6) is 5.75 Å². The molecule has 2 N–H and O–H groups in total. The van der Waals surface area contributed by atoms with E-state index in [1.807, 2.05) is 6.07 Å². The van der Waals surface area contributed by atoms with E-state index < -0.39 is 0 Å². The van der Waals surface area contributed by atoms with Gasteiger partial charge in [-0.1, -0.05) is 6.07 Å². The van der Waals surface area contributed by atoms with Gasteiger partial charge in [-0.05, 0) is 53.5 Å². The molecule has 1 aromatic rings. The summed E-state index contributed by atoms with van der Waals surface area (Å²) in [4.78, 5) is 2.24. The van der Waals surface area contributed by atoms with Gasteiger partial charge >= 0.3 is 0 Å². The first kappa shape index (κ1) is 11.5. The van der Waals surface area contributed by atoms with Crippen LogP contribution in [0.2, 0.25) is 0 Å². The predicted molar refractivity (Wildman–Crippen MR) is 71.2 cm³/mol. The highest BCUT2D eigenvalue weighted by atomic mass is 79.9. The lowest BCUT2D eigenvalue weighted by molar-refractivity contribution is 0.0383. The molecule has 1 heterocycles. The first-order valence-electron chi connectivity index (χ1n) is 6.01. The van der Waals surface area contributed by atoms with E-state index in [1.54, 1.807) is 0 Å². The van der Waals surface area contributed by atoms with Crippen LogP contribution in [0, 0.1) is 0 Å². The summed E-state index contributed by atoms with van der Waals surface area (Å²) in [5, 5.41) is 0. The Morgan fingerprint density at radius 3 is 2.65 bits per heavy atom. The second-order valence-corrected chi connectivity index (χ2v) is 6.12. The predicted octanol–water partition coefficient (Wildman–Crippen LogP) is 2.09. The highest BCUT2D eigenvalue weighted by Gasteiger charge is 2.40. The fourth-order valence-corrected chi connectivity index (χ4v) is 2.70. The third-order valence-corrected chi connectivity index (χ3v) is 4.24. The summed E-state index contributed by atoms with van der Waals surface area (Å²) in [6, 6.07) is 6.23. The Morgan fingerprint density at radius 2 is 2.12 bits per heavy atom. The lowest BCUT2D eigenvalue weighted by Gasteiger charge is -2.36. The molecule has 2 aliphatic rings. The molecule has 0 amide bonds. The first-order valence-corrected chi connectivity index (χ1v) is 6.80. The van der Waals surface area contributed by atoms with Crippen molar-refractivity contribution in [1.82, 2.24) is 4.90 Å². The van der Waals surface area contributed by atoms with Crippen molar-refractivity contribution in [3.8, 4) is 5.75 Å². The summed E-state index contributed by atoms with van der Waals surface area (Å²) >= 11 is 3.57. The Balaban J connectivity index is 1.73. The Hall–Kier alpha value is -0.580. The van der Waals surface area contributed by atoms with E-state index in [0.717, 1.165) is 36.2 Å². The molecule has 0 unspecified atom stereocenters. The van der Waals surface area contributed by atoms with Gasteiger partial charge in [-0.3, -0.25) is 4.90 Å². The van der Waals surface area contributed by atoms with E-state index in [9.17, 15) is 0 Å². The second kappa shape index (κ2) is 3.97. The van der Waals surface area contributed by atoms with Crippen molar-refractivity contribution in [1.29, 1.82) is 0 Å². The van der Waals surface area contributed by atoms with Crippen molar-refractivity contribution in [3.63, 3.8) is 0 Å². The highest BCUT2D eigenvalue weighted by molar-refractivity contribution is 9.10. The number of rotatable bonds is 3. The van der Waals surface area contributed by atoms with Crippen LogP contribution in [0.25, 0.3) is 0 Å². The molecule has 92 valence electrons. The monoisotopic (exact) mass is 296 g/mol. The maximum absolute atomic E-state index is 6.18. The molecule has 0 radical (unpaired) electrons. The van der Waals surface area contributed by atoms with Gasteiger partial charge in [0.05, 0.1) is 4.47 Å². The van der Waals surface area contributed by atoms with Crippen LogP contribution in [0.15, 0.2) is 22.7 Å². The maximum Gasteiger partial charge on any atom is 0.134 e. The molecule has 17 heavy (non-hydrogen) atoms. The zero-order valence-corrected chi connectivity index (χ0v) is 11.5. The van der Waals surface area contributed by atoms with Gasteiger partial charge in [-0.15, -0.1) is 0 Å². The second-order valence-electron chi connectivity index (χ2n) is 5.26. The summed E-state index contributed by atoms with van der Waals surface area (Å²) in [5.41, 5.74) is 7.31. The average molecular weight is 297 g/mol. The van der Waals surface area contributed by atoms with Crippen molar-refractivity contribution < 1.29 is 4.74 Å². The van der Waals surface area contributed by atoms with Crippen LogP contribution < -0.4 is 10.5 Å². The van der Waals surface area contributed by atoms with E-state index in [2.05, 4.69) is 40.0 Å². The largest absolute Gasteiger partial charge is 0.487 e. The molecule has 2 fully saturated rings. The molecule has 3 rings (SSSR count). The molecule has 4 heteroatoms. The van der Waals surface area contributed by atoms with Gasteiger partial charge in [-0.25, -0.2) is 0 Å². The minimum atomic E-state index is -0.0717. The van der Waals surface area contributed by atoms with Gasteiger partial charge in [0.1, 0.15) is 11.9 Å².